The van der Waals surface area contributed by atoms with Crippen molar-refractivity contribution in [1.82, 2.24) is 14.8 Å². The lowest BCUT2D eigenvalue weighted by atomic mass is 9.79. The second-order valence-corrected chi connectivity index (χ2v) is 8.95. The predicted octanol–water partition coefficient (Wildman–Crippen LogP) is 4.08. The van der Waals surface area contributed by atoms with Crippen molar-refractivity contribution in [2.24, 2.45) is 11.8 Å². The summed E-state index contributed by atoms with van der Waals surface area (Å²) >= 11 is 0. The molecule has 148 valence electrons. The summed E-state index contributed by atoms with van der Waals surface area (Å²) in [5.74, 6) is 1.02. The van der Waals surface area contributed by atoms with Gasteiger partial charge in [0.05, 0.1) is 5.92 Å². The molecule has 1 fully saturated rings. The third-order valence-electron chi connectivity index (χ3n) is 7.26. The van der Waals surface area contributed by atoms with E-state index in [2.05, 4.69) is 47.3 Å². The topological polar surface area (TPSA) is 39.3 Å². The highest BCUT2D eigenvalue weighted by atomic mass is 16.2. The summed E-state index contributed by atoms with van der Waals surface area (Å²) in [4.78, 5) is 21.1. The summed E-state index contributed by atoms with van der Waals surface area (Å²) in [6.07, 6.45) is 11.0. The summed E-state index contributed by atoms with van der Waals surface area (Å²) < 4.78 is 0. The maximum Gasteiger partial charge on any atom is 0.230 e. The molecule has 1 aliphatic heterocycles. The number of aromatic nitrogens is 1. The van der Waals surface area contributed by atoms with Crippen molar-refractivity contribution in [2.75, 3.05) is 26.7 Å². The zero-order chi connectivity index (χ0) is 19.3. The number of hydrogen-bond donors (Lipinski definition) is 1. The Labute approximate surface area is 167 Å². The molecule has 1 aromatic carbocycles. The van der Waals surface area contributed by atoms with Crippen LogP contribution in [0.5, 0.6) is 0 Å². The number of carbonyl (C=O) groups is 1. The number of carbonyl (C=O) groups excluding carboxylic acids is 1. The number of aromatic amines is 1. The van der Waals surface area contributed by atoms with Gasteiger partial charge in [-0.1, -0.05) is 31.1 Å². The smallest absolute Gasteiger partial charge is 0.230 e. The van der Waals surface area contributed by atoms with E-state index in [1.165, 1.54) is 53.3 Å². The van der Waals surface area contributed by atoms with Crippen molar-refractivity contribution in [3.05, 3.63) is 41.6 Å². The molecule has 1 amide bonds. The van der Waals surface area contributed by atoms with Gasteiger partial charge in [-0.05, 0) is 54.9 Å². The van der Waals surface area contributed by atoms with Gasteiger partial charge in [-0.25, -0.2) is 0 Å². The van der Waals surface area contributed by atoms with Crippen molar-refractivity contribution in [2.45, 2.75) is 45.1 Å². The molecule has 2 aromatic rings. The summed E-state index contributed by atoms with van der Waals surface area (Å²) in [5.41, 5.74) is 5.36. The van der Waals surface area contributed by atoms with Gasteiger partial charge in [-0.2, -0.15) is 0 Å². The van der Waals surface area contributed by atoms with Gasteiger partial charge in [-0.3, -0.25) is 9.69 Å². The van der Waals surface area contributed by atoms with E-state index < -0.39 is 0 Å². The Hall–Kier alpha value is -2.07. The van der Waals surface area contributed by atoms with Gasteiger partial charge < -0.3 is 9.88 Å². The maximum atomic E-state index is 13.1. The van der Waals surface area contributed by atoms with Gasteiger partial charge in [0.1, 0.15) is 0 Å². The van der Waals surface area contributed by atoms with Crippen molar-refractivity contribution in [3.8, 4) is 0 Å². The lowest BCUT2D eigenvalue weighted by Gasteiger charge is -2.43. The second kappa shape index (κ2) is 7.07. The monoisotopic (exact) mass is 377 g/mol. The molecule has 0 spiro atoms. The van der Waals surface area contributed by atoms with E-state index in [1.54, 1.807) is 0 Å². The molecule has 1 aromatic heterocycles. The molecule has 5 rings (SSSR count). The van der Waals surface area contributed by atoms with Gasteiger partial charge in [0.15, 0.2) is 0 Å². The molecule has 4 heteroatoms. The molecule has 0 bridgehead atoms. The zero-order valence-corrected chi connectivity index (χ0v) is 17.1. The van der Waals surface area contributed by atoms with E-state index in [9.17, 15) is 4.79 Å². The number of fused-ring (bicyclic) bond motifs is 2. The molecular formula is C24H31N3O. The van der Waals surface area contributed by atoms with Crippen LogP contribution in [-0.4, -0.2) is 53.4 Å². The fourth-order valence-corrected chi connectivity index (χ4v) is 5.65. The Kier molecular flexibility index (Phi) is 4.54. The number of benzene rings is 1. The molecule has 3 aliphatic rings. The maximum absolute atomic E-state index is 13.1. The minimum atomic E-state index is -0.0339. The summed E-state index contributed by atoms with van der Waals surface area (Å²) in [7, 11) is 1.93. The molecule has 2 heterocycles. The Morgan fingerprint density at radius 2 is 2.11 bits per heavy atom. The largest absolute Gasteiger partial charge is 0.361 e. The van der Waals surface area contributed by atoms with Gasteiger partial charge in [0, 0.05) is 49.8 Å². The highest BCUT2D eigenvalue weighted by Gasteiger charge is 2.38. The number of hydrogen-bond acceptors (Lipinski definition) is 2. The number of nitrogens with zero attached hydrogens (tertiary/aromatic N) is 2. The summed E-state index contributed by atoms with van der Waals surface area (Å²) in [6.45, 7) is 4.82. The normalized spacial score (nSPS) is 25.0. The van der Waals surface area contributed by atoms with Crippen LogP contribution >= 0.6 is 0 Å². The minimum absolute atomic E-state index is 0.0339. The van der Waals surface area contributed by atoms with Crippen molar-refractivity contribution in [3.63, 3.8) is 0 Å². The van der Waals surface area contributed by atoms with Crippen LogP contribution in [0.2, 0.25) is 0 Å². The Balaban J connectivity index is 1.56. The van der Waals surface area contributed by atoms with Crippen molar-refractivity contribution < 1.29 is 4.79 Å². The molecule has 2 atom stereocenters. The van der Waals surface area contributed by atoms with Gasteiger partial charge in [0.25, 0.3) is 0 Å². The van der Waals surface area contributed by atoms with E-state index in [4.69, 9.17) is 0 Å². The average molecular weight is 378 g/mol. The van der Waals surface area contributed by atoms with Crippen molar-refractivity contribution >= 4 is 22.4 Å². The highest BCUT2D eigenvalue weighted by Crippen LogP contribution is 2.42. The summed E-state index contributed by atoms with van der Waals surface area (Å²) in [6, 6.07) is 6.97. The van der Waals surface area contributed by atoms with Crippen LogP contribution < -0.4 is 0 Å². The predicted molar refractivity (Wildman–Crippen MR) is 114 cm³/mol. The fraction of sp³-hybridized carbons (Fsp3) is 0.542. The third kappa shape index (κ3) is 2.89. The van der Waals surface area contributed by atoms with Crippen LogP contribution in [0, 0.1) is 11.8 Å². The highest BCUT2D eigenvalue weighted by molar-refractivity contribution is 5.99. The third-order valence-corrected chi connectivity index (χ3v) is 7.26. The van der Waals surface area contributed by atoms with Gasteiger partial charge in [-0.15, -0.1) is 0 Å². The first-order valence-electron chi connectivity index (χ1n) is 11.0. The molecular weight excluding hydrogens is 346 g/mol. The average Bonchev–Trinajstić information content (AvgIpc) is 3.38. The molecule has 1 saturated carbocycles. The first-order valence-corrected chi connectivity index (χ1v) is 11.0. The van der Waals surface area contributed by atoms with E-state index in [0.717, 1.165) is 32.0 Å². The van der Waals surface area contributed by atoms with E-state index in [0.29, 0.717) is 6.04 Å². The molecule has 1 N–H and O–H groups in total. The van der Waals surface area contributed by atoms with Crippen LogP contribution in [0.3, 0.4) is 0 Å². The van der Waals surface area contributed by atoms with Gasteiger partial charge >= 0.3 is 0 Å². The quantitative estimate of drug-likeness (QED) is 0.872. The molecule has 28 heavy (non-hydrogen) atoms. The zero-order valence-electron chi connectivity index (χ0n) is 17.1. The van der Waals surface area contributed by atoms with Crippen molar-refractivity contribution in [1.29, 1.82) is 0 Å². The molecule has 0 saturated heterocycles. The number of amides is 1. The Morgan fingerprint density at radius 3 is 2.89 bits per heavy atom. The lowest BCUT2D eigenvalue weighted by molar-refractivity contribution is -0.133. The SMILES string of the molecule is CCN(C)C(=O)[C@@H]1C=C2c3cccc4[nH]cc(c34)C[C@H]2N(CC2CCCC2)C1. The van der Waals surface area contributed by atoms with Crippen LogP contribution in [0.25, 0.3) is 16.5 Å². The molecule has 2 aliphatic carbocycles. The van der Waals surface area contributed by atoms with E-state index in [1.807, 2.05) is 11.9 Å². The summed E-state index contributed by atoms with van der Waals surface area (Å²) in [5, 5.41) is 1.36. The Bertz CT molecular complexity index is 921. The van der Waals surface area contributed by atoms with Crippen LogP contribution in [0.4, 0.5) is 0 Å². The van der Waals surface area contributed by atoms with E-state index in [-0.39, 0.29) is 11.8 Å². The number of rotatable bonds is 4. The first kappa shape index (κ1) is 18.0. The van der Waals surface area contributed by atoms with E-state index >= 15 is 0 Å². The fourth-order valence-electron chi connectivity index (χ4n) is 5.65. The standard InChI is InChI=1S/C24H31N3O/c1-3-26(2)24(28)18-11-20-19-9-6-10-21-23(19)17(13-25-21)12-22(20)27(15-18)14-16-7-4-5-8-16/h6,9-11,13,16,18,22,25H,3-5,7-8,12,14-15H2,1-2H3/t18-,22-/m1/s1. The second-order valence-electron chi connectivity index (χ2n) is 8.95. The number of nitrogens with one attached hydrogen (secondary N) is 1. The first-order chi connectivity index (χ1) is 13.7. The molecule has 0 radical (unpaired) electrons. The minimum Gasteiger partial charge on any atom is -0.361 e. The molecule has 0 unspecified atom stereocenters. The number of H-pyrrole nitrogens is 1. The van der Waals surface area contributed by atoms with Crippen LogP contribution in [-0.2, 0) is 11.2 Å². The van der Waals surface area contributed by atoms with Crippen LogP contribution in [0.1, 0.15) is 43.7 Å². The van der Waals surface area contributed by atoms with Crippen LogP contribution in [0.15, 0.2) is 30.5 Å². The lowest BCUT2D eigenvalue weighted by Crippen LogP contribution is -2.50. The van der Waals surface area contributed by atoms with Gasteiger partial charge in [0.2, 0.25) is 5.91 Å². The Morgan fingerprint density at radius 1 is 1.29 bits per heavy atom. The molecule has 4 nitrogen and oxygen atoms in total.